The van der Waals surface area contributed by atoms with Crippen molar-refractivity contribution in [2.24, 2.45) is 34.0 Å². The van der Waals surface area contributed by atoms with Gasteiger partial charge in [-0.25, -0.2) is 9.18 Å². The Morgan fingerprint density at radius 2 is 1.86 bits per heavy atom. The Balaban J connectivity index is 1.65. The Morgan fingerprint density at radius 1 is 1.17 bits per heavy atom. The van der Waals surface area contributed by atoms with Gasteiger partial charge in [0, 0.05) is 24.2 Å². The highest BCUT2D eigenvalue weighted by molar-refractivity contribution is 6.17. The Labute approximate surface area is 202 Å². The van der Waals surface area contributed by atoms with Gasteiger partial charge in [0.25, 0.3) is 0 Å². The van der Waals surface area contributed by atoms with Crippen LogP contribution in [-0.4, -0.2) is 42.5 Å². The van der Waals surface area contributed by atoms with Gasteiger partial charge < -0.3 is 14.3 Å². The average Bonchev–Trinajstić information content (AvgIpc) is 2.94. The number of aldehydes is 1. The van der Waals surface area contributed by atoms with Crippen molar-refractivity contribution in [1.82, 2.24) is 0 Å². The van der Waals surface area contributed by atoms with Crippen LogP contribution in [0.15, 0.2) is 36.4 Å². The van der Waals surface area contributed by atoms with E-state index in [1.54, 1.807) is 0 Å². The van der Waals surface area contributed by atoms with Crippen molar-refractivity contribution in [3.63, 3.8) is 0 Å². The van der Waals surface area contributed by atoms with Gasteiger partial charge in [0.05, 0.1) is 11.0 Å². The highest BCUT2D eigenvalue weighted by Gasteiger charge is 2.78. The Kier molecular flexibility index (Phi) is 5.17. The molecule has 5 rings (SSSR count). The van der Waals surface area contributed by atoms with E-state index in [-0.39, 0.29) is 29.9 Å². The van der Waals surface area contributed by atoms with Gasteiger partial charge in [-0.05, 0) is 54.5 Å². The summed E-state index contributed by atoms with van der Waals surface area (Å²) in [6.45, 7) is 7.42. The van der Waals surface area contributed by atoms with Crippen LogP contribution in [0.1, 0.15) is 49.9 Å². The van der Waals surface area contributed by atoms with Crippen molar-refractivity contribution in [2.75, 3.05) is 6.61 Å². The number of carbonyl (C=O) groups is 5. The third kappa shape index (κ3) is 2.91. The number of hydrogen-bond donors (Lipinski definition) is 0. The quantitative estimate of drug-likeness (QED) is 0.282. The van der Waals surface area contributed by atoms with Crippen molar-refractivity contribution >= 4 is 29.8 Å². The summed E-state index contributed by atoms with van der Waals surface area (Å²) >= 11 is 0. The lowest BCUT2D eigenvalue weighted by Crippen LogP contribution is -2.70. The number of fused-ring (bicyclic) bond motifs is 2. The van der Waals surface area contributed by atoms with Gasteiger partial charge in [-0.1, -0.05) is 20.4 Å². The molecule has 0 N–H and O–H groups in total. The number of benzene rings is 1. The zero-order valence-corrected chi connectivity index (χ0v) is 19.7. The summed E-state index contributed by atoms with van der Waals surface area (Å²) in [6.07, 6.45) is 0.906. The molecule has 3 saturated carbocycles. The highest BCUT2D eigenvalue weighted by atomic mass is 19.1. The van der Waals surface area contributed by atoms with E-state index in [1.807, 2.05) is 13.8 Å². The number of cyclic esters (lactones) is 1. The minimum atomic E-state index is -1.95. The van der Waals surface area contributed by atoms with E-state index >= 15 is 0 Å². The van der Waals surface area contributed by atoms with E-state index in [4.69, 9.17) is 9.47 Å². The van der Waals surface area contributed by atoms with E-state index in [9.17, 15) is 28.4 Å². The fraction of sp³-hybridized carbons (Fsp3) is 0.519. The molecule has 0 radical (unpaired) electrons. The number of ether oxygens (including phenoxy) is 2. The second-order valence-corrected chi connectivity index (χ2v) is 10.9. The number of carbonyl (C=O) groups excluding carboxylic acids is 5. The first-order valence-corrected chi connectivity index (χ1v) is 11.9. The molecule has 4 aliphatic rings. The number of esters is 2. The number of halogens is 1. The lowest BCUT2D eigenvalue weighted by atomic mass is 9.44. The van der Waals surface area contributed by atoms with Crippen molar-refractivity contribution < 1.29 is 37.8 Å². The van der Waals surface area contributed by atoms with Gasteiger partial charge in [0.1, 0.15) is 30.6 Å². The second-order valence-electron chi connectivity index (χ2n) is 10.9. The summed E-state index contributed by atoms with van der Waals surface area (Å²) in [5.41, 5.74) is -3.68. The second kappa shape index (κ2) is 7.67. The fourth-order valence-electron chi connectivity index (χ4n) is 7.27. The summed E-state index contributed by atoms with van der Waals surface area (Å²) in [5, 5.41) is 0. The standard InChI is InChI=1S/C27H27FO7/c1-14-17-8-9-18-26(19(12-29)25(2,3)11-10-20(26)30)13-34-24(33)27(18,21(14)31)22(17)35-23(32)15-4-6-16(28)7-5-15/h4-7,12,17-19,22H,1,8-11,13H2,2-3H3/t17-,18-,19+,22+,26-,27-/m0/s1. The maximum Gasteiger partial charge on any atom is 0.338 e. The minimum absolute atomic E-state index is 0.0573. The summed E-state index contributed by atoms with van der Waals surface area (Å²) in [4.78, 5) is 66.4. The van der Waals surface area contributed by atoms with Crippen LogP contribution in [0.3, 0.4) is 0 Å². The number of rotatable bonds is 3. The zero-order valence-electron chi connectivity index (χ0n) is 19.7. The first-order chi connectivity index (χ1) is 16.5. The Hall–Kier alpha value is -3.16. The van der Waals surface area contributed by atoms with Gasteiger partial charge in [-0.3, -0.25) is 14.4 Å². The molecule has 6 atom stereocenters. The maximum atomic E-state index is 13.8. The van der Waals surface area contributed by atoms with Gasteiger partial charge in [0.15, 0.2) is 11.2 Å². The first kappa shape index (κ1) is 23.6. The molecule has 184 valence electrons. The van der Waals surface area contributed by atoms with Crippen LogP contribution in [0.25, 0.3) is 0 Å². The first-order valence-electron chi connectivity index (χ1n) is 11.9. The van der Waals surface area contributed by atoms with Crippen molar-refractivity contribution in [3.8, 4) is 0 Å². The van der Waals surface area contributed by atoms with E-state index in [2.05, 4.69) is 6.58 Å². The minimum Gasteiger partial charge on any atom is -0.464 e. The van der Waals surface area contributed by atoms with E-state index in [1.165, 1.54) is 12.1 Å². The molecule has 35 heavy (non-hydrogen) atoms. The molecule has 1 aliphatic heterocycles. The van der Waals surface area contributed by atoms with Crippen LogP contribution in [0.4, 0.5) is 4.39 Å². The molecule has 7 nitrogen and oxygen atoms in total. The summed E-state index contributed by atoms with van der Waals surface area (Å²) < 4.78 is 24.8. The van der Waals surface area contributed by atoms with Crippen molar-refractivity contribution in [2.45, 2.75) is 45.6 Å². The Morgan fingerprint density at radius 3 is 2.51 bits per heavy atom. The molecule has 1 heterocycles. The average molecular weight is 483 g/mol. The number of hydrogen-bond acceptors (Lipinski definition) is 7. The largest absolute Gasteiger partial charge is 0.464 e. The Bertz CT molecular complexity index is 1170. The molecule has 4 fully saturated rings. The SMILES string of the molecule is C=C1C(=O)[C@@]23C(=O)OC[C@]4(C(=O)CCC(C)(C)[C@H]4C=O)[C@@H]2CC[C@@H]1[C@H]3OC(=O)c1ccc(F)cc1. The van der Waals surface area contributed by atoms with Crippen LogP contribution < -0.4 is 0 Å². The van der Waals surface area contributed by atoms with Gasteiger partial charge in [0.2, 0.25) is 0 Å². The lowest BCUT2D eigenvalue weighted by molar-refractivity contribution is -0.220. The van der Waals surface area contributed by atoms with Crippen LogP contribution in [0.5, 0.6) is 0 Å². The molecular formula is C27H27FO7. The zero-order chi connectivity index (χ0) is 25.3. The fourth-order valence-corrected chi connectivity index (χ4v) is 7.27. The van der Waals surface area contributed by atoms with Gasteiger partial charge in [-0.2, -0.15) is 0 Å². The van der Waals surface area contributed by atoms with Crippen molar-refractivity contribution in [3.05, 3.63) is 47.8 Å². The third-order valence-corrected chi connectivity index (χ3v) is 9.01. The van der Waals surface area contributed by atoms with Crippen LogP contribution >= 0.6 is 0 Å². The molecule has 0 amide bonds. The lowest BCUT2D eigenvalue weighted by Gasteiger charge is -2.59. The summed E-state index contributed by atoms with van der Waals surface area (Å²) in [7, 11) is 0. The summed E-state index contributed by atoms with van der Waals surface area (Å²) in [5.74, 6) is -5.27. The predicted molar refractivity (Wildman–Crippen MR) is 119 cm³/mol. The molecule has 0 unspecified atom stereocenters. The van der Waals surface area contributed by atoms with Crippen LogP contribution in [0.2, 0.25) is 0 Å². The molecule has 1 aromatic carbocycles. The van der Waals surface area contributed by atoms with E-state index in [0.29, 0.717) is 19.3 Å². The number of Topliss-reactive ketones (excluding diaryl/α,β-unsaturated/α-hetero) is 2. The monoisotopic (exact) mass is 482 g/mol. The molecule has 1 aromatic rings. The molecule has 0 aromatic heterocycles. The molecular weight excluding hydrogens is 455 g/mol. The van der Waals surface area contributed by atoms with E-state index < -0.39 is 63.6 Å². The third-order valence-electron chi connectivity index (χ3n) is 9.01. The maximum absolute atomic E-state index is 13.8. The van der Waals surface area contributed by atoms with E-state index in [0.717, 1.165) is 18.4 Å². The predicted octanol–water partition coefficient (Wildman–Crippen LogP) is 3.25. The normalized spacial score (nSPS) is 37.6. The molecule has 3 aliphatic carbocycles. The highest BCUT2D eigenvalue weighted by Crippen LogP contribution is 2.67. The molecule has 8 heteroatoms. The molecule has 2 spiro atoms. The van der Waals surface area contributed by atoms with Gasteiger partial charge in [-0.15, -0.1) is 0 Å². The molecule has 2 bridgehead atoms. The van der Waals surface area contributed by atoms with Crippen molar-refractivity contribution in [1.29, 1.82) is 0 Å². The smallest absolute Gasteiger partial charge is 0.338 e. The summed E-state index contributed by atoms with van der Waals surface area (Å²) in [6, 6.07) is 4.73. The topological polar surface area (TPSA) is 104 Å². The van der Waals surface area contributed by atoms with Crippen LogP contribution in [0, 0.1) is 39.8 Å². The van der Waals surface area contributed by atoms with Gasteiger partial charge >= 0.3 is 11.9 Å². The van der Waals surface area contributed by atoms with Crippen LogP contribution in [-0.2, 0) is 28.7 Å². The number of ketones is 2. The molecule has 1 saturated heterocycles.